The fourth-order valence-corrected chi connectivity index (χ4v) is 5.19. The number of piperazine rings is 1. The molecule has 0 aromatic carbocycles. The van der Waals surface area contributed by atoms with E-state index in [9.17, 15) is 12.8 Å². The molecule has 1 atom stereocenters. The average Bonchev–Trinajstić information content (AvgIpc) is 3.36. The summed E-state index contributed by atoms with van der Waals surface area (Å²) >= 11 is 1.57. The highest BCUT2D eigenvalue weighted by atomic mass is 32.2. The smallest absolute Gasteiger partial charge is 0.185 e. The lowest BCUT2D eigenvalue weighted by atomic mass is 10.2. The van der Waals surface area contributed by atoms with E-state index in [0.29, 0.717) is 13.0 Å². The highest BCUT2D eigenvalue weighted by Gasteiger charge is 2.23. The van der Waals surface area contributed by atoms with Crippen LogP contribution in [0.25, 0.3) is 0 Å². The van der Waals surface area contributed by atoms with E-state index in [1.54, 1.807) is 41.5 Å². The average molecular weight is 444 g/mol. The molecule has 0 saturated carbocycles. The van der Waals surface area contributed by atoms with Gasteiger partial charge in [0.25, 0.3) is 0 Å². The normalized spacial score (nSPS) is 17.2. The molecule has 0 radical (unpaired) electrons. The van der Waals surface area contributed by atoms with Crippen molar-refractivity contribution in [3.63, 3.8) is 0 Å². The largest absolute Gasteiger partial charge is 0.346 e. The maximum Gasteiger partial charge on any atom is 0.185 e. The molecule has 2 aromatic rings. The summed E-state index contributed by atoms with van der Waals surface area (Å²) in [6.45, 7) is 9.51. The molecule has 3 heterocycles. The number of nitrogens with zero attached hydrogens (tertiary/aromatic N) is 5. The van der Waals surface area contributed by atoms with Gasteiger partial charge in [-0.1, -0.05) is 20.8 Å². The van der Waals surface area contributed by atoms with Crippen molar-refractivity contribution in [3.8, 4) is 0 Å². The summed E-state index contributed by atoms with van der Waals surface area (Å²) in [5, 5.41) is 0.946. The van der Waals surface area contributed by atoms with E-state index in [1.807, 2.05) is 13.8 Å². The van der Waals surface area contributed by atoms with E-state index in [2.05, 4.69) is 19.8 Å². The Hall–Kier alpha value is -1.52. The molecular formula is C19H30FN5O2S2. The Balaban J connectivity index is 1.52. The first-order valence-corrected chi connectivity index (χ1v) is 12.7. The third-order valence-corrected chi connectivity index (χ3v) is 8.05. The lowest BCUT2D eigenvalue weighted by Crippen LogP contribution is -2.46. The molecule has 1 aliphatic rings. The Bertz CT molecular complexity index is 888. The Labute approximate surface area is 176 Å². The molecule has 1 fully saturated rings. The molecule has 0 N–H and O–H groups in total. The monoisotopic (exact) mass is 443 g/mol. The van der Waals surface area contributed by atoms with Crippen molar-refractivity contribution in [3.05, 3.63) is 29.3 Å². The summed E-state index contributed by atoms with van der Waals surface area (Å²) in [4.78, 5) is 14.2. The first-order chi connectivity index (χ1) is 13.8. The lowest BCUT2D eigenvalue weighted by molar-refractivity contribution is 0.159. The number of sulfone groups is 1. The standard InChI is InChI=1S/C19H30FN5O2S2/c1-4-29(26,27)10-5-17-12-22-19(28-17)24-8-6-23(7-9-24)13-16-11-21-14-25(16)18(20)15(2)3/h11-12,14-15,18H,4-10,13H2,1-3H3. The Kier molecular flexibility index (Phi) is 7.28. The molecule has 7 nitrogen and oxygen atoms in total. The van der Waals surface area contributed by atoms with Crippen molar-refractivity contribution in [2.24, 2.45) is 5.92 Å². The quantitative estimate of drug-likeness (QED) is 0.594. The van der Waals surface area contributed by atoms with E-state index in [4.69, 9.17) is 0 Å². The fourth-order valence-electron chi connectivity index (χ4n) is 3.28. The van der Waals surface area contributed by atoms with Gasteiger partial charge in [0.05, 0.1) is 17.8 Å². The first kappa shape index (κ1) is 22.2. The van der Waals surface area contributed by atoms with Crippen molar-refractivity contribution in [1.82, 2.24) is 19.4 Å². The van der Waals surface area contributed by atoms with Crippen LogP contribution in [0.15, 0.2) is 18.7 Å². The molecular weight excluding hydrogens is 413 g/mol. The zero-order valence-corrected chi connectivity index (χ0v) is 18.9. The number of aromatic nitrogens is 3. The van der Waals surface area contributed by atoms with Gasteiger partial charge < -0.3 is 9.47 Å². The van der Waals surface area contributed by atoms with Crippen LogP contribution in [0, 0.1) is 5.92 Å². The number of imidazole rings is 1. The summed E-state index contributed by atoms with van der Waals surface area (Å²) in [5.41, 5.74) is 0.897. The van der Waals surface area contributed by atoms with Crippen LogP contribution in [0.2, 0.25) is 0 Å². The van der Waals surface area contributed by atoms with Crippen LogP contribution in [0.4, 0.5) is 9.52 Å². The van der Waals surface area contributed by atoms with E-state index in [-0.39, 0.29) is 17.4 Å². The van der Waals surface area contributed by atoms with E-state index in [1.165, 1.54) is 0 Å². The van der Waals surface area contributed by atoms with Gasteiger partial charge in [0.2, 0.25) is 0 Å². The summed E-state index contributed by atoms with van der Waals surface area (Å²) in [5.74, 6) is 0.268. The van der Waals surface area contributed by atoms with E-state index >= 15 is 0 Å². The number of hydrogen-bond acceptors (Lipinski definition) is 7. The van der Waals surface area contributed by atoms with Gasteiger partial charge in [0.1, 0.15) is 9.84 Å². The molecule has 1 aliphatic heterocycles. The maximum atomic E-state index is 14.4. The number of hydrogen-bond donors (Lipinski definition) is 0. The summed E-state index contributed by atoms with van der Waals surface area (Å²) in [6.07, 6.45) is 4.59. The summed E-state index contributed by atoms with van der Waals surface area (Å²) < 4.78 is 39.4. The second-order valence-electron chi connectivity index (χ2n) is 7.77. The molecule has 3 rings (SSSR count). The summed E-state index contributed by atoms with van der Waals surface area (Å²) in [7, 11) is -2.96. The van der Waals surface area contributed by atoms with Crippen LogP contribution in [-0.4, -0.2) is 65.5 Å². The Morgan fingerprint density at radius 1 is 1.21 bits per heavy atom. The highest BCUT2D eigenvalue weighted by molar-refractivity contribution is 7.91. The molecule has 162 valence electrons. The van der Waals surface area contributed by atoms with Crippen LogP contribution < -0.4 is 4.90 Å². The molecule has 0 amide bonds. The molecule has 0 aliphatic carbocycles. The number of anilines is 1. The minimum absolute atomic E-state index is 0.0915. The molecule has 1 unspecified atom stereocenters. The minimum Gasteiger partial charge on any atom is -0.346 e. The van der Waals surface area contributed by atoms with Crippen LogP contribution in [0.3, 0.4) is 0 Å². The van der Waals surface area contributed by atoms with Gasteiger partial charge in [0.15, 0.2) is 11.4 Å². The third kappa shape index (κ3) is 5.76. The predicted octanol–water partition coefficient (Wildman–Crippen LogP) is 2.76. The topological polar surface area (TPSA) is 71.3 Å². The molecule has 0 spiro atoms. The van der Waals surface area contributed by atoms with Crippen LogP contribution in [0.5, 0.6) is 0 Å². The van der Waals surface area contributed by atoms with Crippen molar-refractivity contribution in [1.29, 1.82) is 0 Å². The summed E-state index contributed by atoms with van der Waals surface area (Å²) in [6, 6.07) is 0. The van der Waals surface area contributed by atoms with E-state index in [0.717, 1.165) is 41.9 Å². The molecule has 10 heteroatoms. The van der Waals surface area contributed by atoms with Crippen molar-refractivity contribution >= 4 is 26.3 Å². The van der Waals surface area contributed by atoms with Gasteiger partial charge in [0, 0.05) is 61.7 Å². The molecule has 0 bridgehead atoms. The van der Waals surface area contributed by atoms with Crippen LogP contribution in [0.1, 0.15) is 37.6 Å². The SMILES string of the molecule is CCS(=O)(=O)CCc1cnc(N2CCN(Cc3cncn3C(F)C(C)C)CC2)s1. The second-order valence-corrected chi connectivity index (χ2v) is 11.3. The Morgan fingerprint density at radius 3 is 2.59 bits per heavy atom. The van der Waals surface area contributed by atoms with E-state index < -0.39 is 16.1 Å². The minimum atomic E-state index is -2.96. The number of halogens is 1. The molecule has 1 saturated heterocycles. The number of alkyl halides is 1. The third-order valence-electron chi connectivity index (χ3n) is 5.23. The highest BCUT2D eigenvalue weighted by Crippen LogP contribution is 2.25. The van der Waals surface area contributed by atoms with Gasteiger partial charge in [-0.25, -0.2) is 22.8 Å². The van der Waals surface area contributed by atoms with Crippen molar-refractivity contribution in [2.45, 2.75) is 40.0 Å². The number of thiazole rings is 1. The zero-order chi connectivity index (χ0) is 21.0. The van der Waals surface area contributed by atoms with Crippen LogP contribution >= 0.6 is 11.3 Å². The molecule has 2 aromatic heterocycles. The number of rotatable bonds is 9. The lowest BCUT2D eigenvalue weighted by Gasteiger charge is -2.34. The second kappa shape index (κ2) is 9.53. The van der Waals surface area contributed by atoms with Gasteiger partial charge in [-0.05, 0) is 6.42 Å². The van der Waals surface area contributed by atoms with Crippen molar-refractivity contribution in [2.75, 3.05) is 42.6 Å². The van der Waals surface area contributed by atoms with Crippen LogP contribution in [-0.2, 0) is 22.8 Å². The fraction of sp³-hybridized carbons (Fsp3) is 0.684. The maximum absolute atomic E-state index is 14.4. The number of aryl methyl sites for hydroxylation is 1. The van der Waals surface area contributed by atoms with Gasteiger partial charge in [-0.3, -0.25) is 4.90 Å². The first-order valence-electron chi connectivity index (χ1n) is 10.1. The Morgan fingerprint density at radius 2 is 1.93 bits per heavy atom. The van der Waals surface area contributed by atoms with Gasteiger partial charge in [-0.2, -0.15) is 0 Å². The zero-order valence-electron chi connectivity index (χ0n) is 17.3. The molecule has 29 heavy (non-hydrogen) atoms. The van der Waals surface area contributed by atoms with Crippen molar-refractivity contribution < 1.29 is 12.8 Å². The predicted molar refractivity (Wildman–Crippen MR) is 115 cm³/mol. The van der Waals surface area contributed by atoms with Gasteiger partial charge in [-0.15, -0.1) is 11.3 Å². The van der Waals surface area contributed by atoms with Gasteiger partial charge >= 0.3 is 0 Å².